The Morgan fingerprint density at radius 2 is 2.00 bits per heavy atom. The molecule has 0 saturated carbocycles. The first-order chi connectivity index (χ1) is 4.63. The molecule has 0 aromatic carbocycles. The summed E-state index contributed by atoms with van der Waals surface area (Å²) in [5.74, 6) is -0.0256. The molecule has 0 aliphatic rings. The van der Waals surface area contributed by atoms with Crippen molar-refractivity contribution in [3.63, 3.8) is 0 Å². The average molecular weight is 146 g/mol. The Labute approximate surface area is 63.0 Å². The maximum atomic E-state index is 10.2. The standard InChI is InChI=1S/C5H12N2O.C2H6/c1-4(6)3-7-5(2)8;1-2/h4H,3,6H2,1-2H3,(H,7,8);1-2H3. The minimum absolute atomic E-state index is 0.0256. The number of hydrogen-bond donors (Lipinski definition) is 2. The van der Waals surface area contributed by atoms with E-state index in [0.29, 0.717) is 6.54 Å². The molecule has 0 rings (SSSR count). The van der Waals surface area contributed by atoms with Gasteiger partial charge in [-0.05, 0) is 6.92 Å². The first-order valence-corrected chi connectivity index (χ1v) is 3.63. The lowest BCUT2D eigenvalue weighted by atomic mass is 10.4. The highest BCUT2D eigenvalue weighted by Crippen LogP contribution is 1.68. The van der Waals surface area contributed by atoms with Gasteiger partial charge >= 0.3 is 0 Å². The van der Waals surface area contributed by atoms with Crippen molar-refractivity contribution >= 4 is 5.91 Å². The fourth-order valence-electron chi connectivity index (χ4n) is 0.305. The molecule has 0 heterocycles. The van der Waals surface area contributed by atoms with Crippen molar-refractivity contribution < 1.29 is 4.79 Å². The predicted molar refractivity (Wildman–Crippen MR) is 43.7 cm³/mol. The molecule has 1 atom stereocenters. The zero-order valence-corrected chi connectivity index (χ0v) is 7.27. The van der Waals surface area contributed by atoms with Crippen LogP contribution in [0.3, 0.4) is 0 Å². The van der Waals surface area contributed by atoms with E-state index in [9.17, 15) is 4.79 Å². The van der Waals surface area contributed by atoms with E-state index in [1.54, 1.807) is 0 Å². The molecular weight excluding hydrogens is 128 g/mol. The number of carbonyl (C=O) groups is 1. The fraction of sp³-hybridized carbons (Fsp3) is 0.857. The summed E-state index contributed by atoms with van der Waals surface area (Å²) in [4.78, 5) is 10.2. The van der Waals surface area contributed by atoms with E-state index in [2.05, 4.69) is 5.32 Å². The van der Waals surface area contributed by atoms with Gasteiger partial charge in [-0.1, -0.05) is 13.8 Å². The normalized spacial score (nSPS) is 10.9. The highest BCUT2D eigenvalue weighted by Gasteiger charge is 1.92. The molecule has 0 bridgehead atoms. The predicted octanol–water partition coefficient (Wildman–Crippen LogP) is 0.496. The minimum atomic E-state index is -0.0256. The summed E-state index contributed by atoms with van der Waals surface area (Å²) >= 11 is 0. The van der Waals surface area contributed by atoms with Gasteiger partial charge in [0.1, 0.15) is 0 Å². The summed E-state index contributed by atoms with van der Waals surface area (Å²) < 4.78 is 0. The van der Waals surface area contributed by atoms with E-state index >= 15 is 0 Å². The van der Waals surface area contributed by atoms with Gasteiger partial charge in [-0.15, -0.1) is 0 Å². The van der Waals surface area contributed by atoms with Crippen molar-refractivity contribution in [2.24, 2.45) is 5.73 Å². The molecule has 1 unspecified atom stereocenters. The second-order valence-corrected chi connectivity index (χ2v) is 1.91. The number of rotatable bonds is 2. The summed E-state index contributed by atoms with van der Waals surface area (Å²) in [6.45, 7) is 7.88. The minimum Gasteiger partial charge on any atom is -0.355 e. The number of amides is 1. The molecule has 0 radical (unpaired) electrons. The maximum Gasteiger partial charge on any atom is 0.216 e. The van der Waals surface area contributed by atoms with Gasteiger partial charge in [0.25, 0.3) is 0 Å². The second-order valence-electron chi connectivity index (χ2n) is 1.91. The largest absolute Gasteiger partial charge is 0.355 e. The van der Waals surface area contributed by atoms with E-state index in [-0.39, 0.29) is 11.9 Å². The van der Waals surface area contributed by atoms with Gasteiger partial charge in [-0.3, -0.25) is 4.79 Å². The van der Waals surface area contributed by atoms with Crippen molar-refractivity contribution in [2.45, 2.75) is 33.7 Å². The summed E-state index contributed by atoms with van der Waals surface area (Å²) in [5.41, 5.74) is 5.33. The molecule has 0 saturated heterocycles. The molecule has 3 N–H and O–H groups in total. The Hall–Kier alpha value is -0.570. The third-order valence-corrected chi connectivity index (χ3v) is 0.673. The van der Waals surface area contributed by atoms with E-state index in [1.807, 2.05) is 20.8 Å². The van der Waals surface area contributed by atoms with Crippen LogP contribution in [0.15, 0.2) is 0 Å². The molecule has 0 aliphatic carbocycles. The molecule has 0 fully saturated rings. The molecule has 3 heteroatoms. The van der Waals surface area contributed by atoms with Crippen molar-refractivity contribution in [2.75, 3.05) is 6.54 Å². The van der Waals surface area contributed by atoms with E-state index in [0.717, 1.165) is 0 Å². The zero-order chi connectivity index (χ0) is 8.57. The van der Waals surface area contributed by atoms with Gasteiger partial charge in [-0.25, -0.2) is 0 Å². The van der Waals surface area contributed by atoms with Crippen LogP contribution in [0.1, 0.15) is 27.7 Å². The van der Waals surface area contributed by atoms with Crippen LogP contribution in [0, 0.1) is 0 Å². The van der Waals surface area contributed by atoms with Crippen LogP contribution in [0.25, 0.3) is 0 Å². The van der Waals surface area contributed by atoms with Crippen LogP contribution in [-0.2, 0) is 4.79 Å². The monoisotopic (exact) mass is 146 g/mol. The van der Waals surface area contributed by atoms with Gasteiger partial charge in [0.15, 0.2) is 0 Å². The van der Waals surface area contributed by atoms with Crippen molar-refractivity contribution in [3.8, 4) is 0 Å². The lowest BCUT2D eigenvalue weighted by Gasteiger charge is -2.03. The Kier molecular flexibility index (Phi) is 10.2. The van der Waals surface area contributed by atoms with Crippen molar-refractivity contribution in [1.82, 2.24) is 5.32 Å². The van der Waals surface area contributed by atoms with Gasteiger partial charge < -0.3 is 11.1 Å². The highest BCUT2D eigenvalue weighted by molar-refractivity contribution is 5.72. The third kappa shape index (κ3) is 15.7. The molecule has 1 amide bonds. The van der Waals surface area contributed by atoms with Crippen LogP contribution in [-0.4, -0.2) is 18.5 Å². The fourth-order valence-corrected chi connectivity index (χ4v) is 0.305. The zero-order valence-electron chi connectivity index (χ0n) is 7.27. The van der Waals surface area contributed by atoms with Crippen molar-refractivity contribution in [3.05, 3.63) is 0 Å². The Balaban J connectivity index is 0. The molecular formula is C7H18N2O. The Morgan fingerprint density at radius 3 is 2.10 bits per heavy atom. The quantitative estimate of drug-likeness (QED) is 0.596. The summed E-state index contributed by atoms with van der Waals surface area (Å²) in [6, 6.07) is 0.0545. The van der Waals surface area contributed by atoms with Crippen LogP contribution < -0.4 is 11.1 Å². The molecule has 0 aromatic rings. The second kappa shape index (κ2) is 8.43. The van der Waals surface area contributed by atoms with E-state index in [1.165, 1.54) is 6.92 Å². The first-order valence-electron chi connectivity index (χ1n) is 3.63. The summed E-state index contributed by atoms with van der Waals surface area (Å²) in [6.07, 6.45) is 0. The van der Waals surface area contributed by atoms with Gasteiger partial charge in [0.2, 0.25) is 5.91 Å². The molecule has 3 nitrogen and oxygen atoms in total. The number of hydrogen-bond acceptors (Lipinski definition) is 2. The lowest BCUT2D eigenvalue weighted by molar-refractivity contribution is -0.119. The smallest absolute Gasteiger partial charge is 0.216 e. The SMILES string of the molecule is CC.CC(=O)NCC(C)N. The maximum absolute atomic E-state index is 10.2. The van der Waals surface area contributed by atoms with Crippen LogP contribution in [0.5, 0.6) is 0 Å². The summed E-state index contributed by atoms with van der Waals surface area (Å²) in [7, 11) is 0. The summed E-state index contributed by atoms with van der Waals surface area (Å²) in [5, 5.41) is 2.58. The van der Waals surface area contributed by atoms with Gasteiger partial charge in [0.05, 0.1) is 0 Å². The highest BCUT2D eigenvalue weighted by atomic mass is 16.1. The van der Waals surface area contributed by atoms with Crippen molar-refractivity contribution in [1.29, 1.82) is 0 Å². The average Bonchev–Trinajstić information content (AvgIpc) is 1.89. The lowest BCUT2D eigenvalue weighted by Crippen LogP contribution is -2.33. The third-order valence-electron chi connectivity index (χ3n) is 0.673. The topological polar surface area (TPSA) is 55.1 Å². The first kappa shape index (κ1) is 12.1. The Morgan fingerprint density at radius 1 is 1.60 bits per heavy atom. The molecule has 0 aromatic heterocycles. The number of carbonyl (C=O) groups excluding carboxylic acids is 1. The van der Waals surface area contributed by atoms with Crippen LogP contribution >= 0.6 is 0 Å². The molecule has 0 spiro atoms. The number of nitrogens with two attached hydrogens (primary N) is 1. The van der Waals surface area contributed by atoms with Crippen LogP contribution in [0.4, 0.5) is 0 Å². The van der Waals surface area contributed by atoms with Gasteiger partial charge in [-0.2, -0.15) is 0 Å². The molecule has 62 valence electrons. The Bertz CT molecular complexity index is 81.7. The van der Waals surface area contributed by atoms with E-state index in [4.69, 9.17) is 5.73 Å². The van der Waals surface area contributed by atoms with Gasteiger partial charge in [0, 0.05) is 19.5 Å². The number of nitrogens with one attached hydrogen (secondary N) is 1. The molecule has 0 aliphatic heterocycles. The van der Waals surface area contributed by atoms with E-state index < -0.39 is 0 Å². The molecule has 10 heavy (non-hydrogen) atoms. The van der Waals surface area contributed by atoms with Crippen LogP contribution in [0.2, 0.25) is 0 Å².